The summed E-state index contributed by atoms with van der Waals surface area (Å²) < 4.78 is 28.4. The van der Waals surface area contributed by atoms with Crippen LogP contribution in [0.5, 0.6) is 0 Å². The van der Waals surface area contributed by atoms with E-state index in [0.717, 1.165) is 25.0 Å². The van der Waals surface area contributed by atoms with Gasteiger partial charge in [-0.1, -0.05) is 11.6 Å². The van der Waals surface area contributed by atoms with Gasteiger partial charge in [0.15, 0.2) is 9.84 Å². The fourth-order valence-corrected chi connectivity index (χ4v) is 3.60. The summed E-state index contributed by atoms with van der Waals surface area (Å²) in [6, 6.07) is 0. The molecule has 17 heavy (non-hydrogen) atoms. The van der Waals surface area contributed by atoms with Gasteiger partial charge < -0.3 is 9.63 Å². The zero-order chi connectivity index (χ0) is 12.5. The maximum atomic E-state index is 11.8. The molecule has 1 fully saturated rings. The van der Waals surface area contributed by atoms with E-state index in [1.54, 1.807) is 0 Å². The SMILES string of the molecule is C[C@H](O)CS(=O)(=O)Cc1conc1C1CCC1. The van der Waals surface area contributed by atoms with Gasteiger partial charge in [-0.15, -0.1) is 0 Å². The van der Waals surface area contributed by atoms with Gasteiger partial charge >= 0.3 is 0 Å². The van der Waals surface area contributed by atoms with E-state index in [9.17, 15) is 8.42 Å². The summed E-state index contributed by atoms with van der Waals surface area (Å²) in [5, 5.41) is 13.0. The van der Waals surface area contributed by atoms with Crippen LogP contribution in [0.15, 0.2) is 10.8 Å². The molecular formula is C11H17NO4S. The number of sulfone groups is 1. The molecule has 6 heteroatoms. The summed E-state index contributed by atoms with van der Waals surface area (Å²) in [6.07, 6.45) is 3.84. The summed E-state index contributed by atoms with van der Waals surface area (Å²) in [5.74, 6) is 0.0423. The minimum Gasteiger partial charge on any atom is -0.392 e. The van der Waals surface area contributed by atoms with Gasteiger partial charge in [0.1, 0.15) is 6.26 Å². The Morgan fingerprint density at radius 2 is 2.29 bits per heavy atom. The Morgan fingerprint density at radius 1 is 1.59 bits per heavy atom. The number of aromatic nitrogens is 1. The summed E-state index contributed by atoms with van der Waals surface area (Å²) in [5.41, 5.74) is 1.43. The minimum absolute atomic E-state index is 0.0900. The molecule has 96 valence electrons. The maximum Gasteiger partial charge on any atom is 0.157 e. The highest BCUT2D eigenvalue weighted by molar-refractivity contribution is 7.90. The molecule has 1 aliphatic rings. The molecule has 1 saturated carbocycles. The molecule has 5 nitrogen and oxygen atoms in total. The molecule has 0 aromatic carbocycles. The molecule has 0 amide bonds. The van der Waals surface area contributed by atoms with Gasteiger partial charge in [0, 0.05) is 11.5 Å². The van der Waals surface area contributed by atoms with Crippen LogP contribution in [0, 0.1) is 0 Å². The van der Waals surface area contributed by atoms with Crippen LogP contribution in [-0.2, 0) is 15.6 Å². The second kappa shape index (κ2) is 4.78. The molecule has 0 unspecified atom stereocenters. The van der Waals surface area contributed by atoms with Crippen molar-refractivity contribution in [3.8, 4) is 0 Å². The van der Waals surface area contributed by atoms with Gasteiger partial charge in [0.25, 0.3) is 0 Å². The summed E-state index contributed by atoms with van der Waals surface area (Å²) >= 11 is 0. The van der Waals surface area contributed by atoms with Crippen LogP contribution < -0.4 is 0 Å². The van der Waals surface area contributed by atoms with Crippen molar-refractivity contribution >= 4 is 9.84 Å². The van der Waals surface area contributed by atoms with Gasteiger partial charge in [-0.25, -0.2) is 8.42 Å². The van der Waals surface area contributed by atoms with Gasteiger partial charge in [-0.05, 0) is 19.8 Å². The molecule has 1 heterocycles. The van der Waals surface area contributed by atoms with Crippen molar-refractivity contribution in [1.82, 2.24) is 5.16 Å². The Labute approximate surface area is 101 Å². The van der Waals surface area contributed by atoms with Crippen molar-refractivity contribution in [2.75, 3.05) is 5.75 Å². The lowest BCUT2D eigenvalue weighted by Gasteiger charge is -2.23. The van der Waals surface area contributed by atoms with Crippen LogP contribution in [0.3, 0.4) is 0 Å². The highest BCUT2D eigenvalue weighted by Gasteiger charge is 2.27. The molecule has 1 aromatic heterocycles. The van der Waals surface area contributed by atoms with E-state index in [1.807, 2.05) is 0 Å². The first-order valence-electron chi connectivity index (χ1n) is 5.79. The third-order valence-electron chi connectivity index (χ3n) is 3.04. The van der Waals surface area contributed by atoms with Gasteiger partial charge in [-0.2, -0.15) is 0 Å². The van der Waals surface area contributed by atoms with Crippen LogP contribution in [0.2, 0.25) is 0 Å². The number of aliphatic hydroxyl groups is 1. The van der Waals surface area contributed by atoms with E-state index in [1.165, 1.54) is 13.2 Å². The number of rotatable bonds is 5. The number of aliphatic hydroxyl groups excluding tert-OH is 1. The number of hydrogen-bond donors (Lipinski definition) is 1. The van der Waals surface area contributed by atoms with Crippen LogP contribution in [0.1, 0.15) is 43.4 Å². The van der Waals surface area contributed by atoms with Crippen molar-refractivity contribution in [3.05, 3.63) is 17.5 Å². The molecule has 1 N–H and O–H groups in total. The topological polar surface area (TPSA) is 80.4 Å². The highest BCUT2D eigenvalue weighted by atomic mass is 32.2. The average Bonchev–Trinajstić information content (AvgIpc) is 2.46. The van der Waals surface area contributed by atoms with Crippen molar-refractivity contribution in [1.29, 1.82) is 0 Å². The van der Waals surface area contributed by atoms with Gasteiger partial charge in [0.05, 0.1) is 23.3 Å². The van der Waals surface area contributed by atoms with E-state index >= 15 is 0 Å². The lowest BCUT2D eigenvalue weighted by Crippen LogP contribution is -2.20. The van der Waals surface area contributed by atoms with Crippen LogP contribution in [-0.4, -0.2) is 30.5 Å². The second-order valence-electron chi connectivity index (χ2n) is 4.76. The van der Waals surface area contributed by atoms with Crippen LogP contribution in [0.25, 0.3) is 0 Å². The first-order chi connectivity index (χ1) is 7.98. The first-order valence-corrected chi connectivity index (χ1v) is 7.62. The smallest absolute Gasteiger partial charge is 0.157 e. The predicted octanol–water partition coefficient (Wildman–Crippen LogP) is 1.24. The Hall–Kier alpha value is -0.880. The Morgan fingerprint density at radius 3 is 2.82 bits per heavy atom. The standard InChI is InChI=1S/C11H17NO4S/c1-8(13)6-17(14,15)7-10-5-16-12-11(10)9-3-2-4-9/h5,8-9,13H,2-4,6-7H2,1H3/t8-/m0/s1. The minimum atomic E-state index is -3.29. The van der Waals surface area contributed by atoms with Crippen molar-refractivity contribution in [2.45, 2.75) is 44.0 Å². The lowest BCUT2D eigenvalue weighted by atomic mass is 9.82. The molecule has 1 aromatic rings. The van der Waals surface area contributed by atoms with E-state index < -0.39 is 15.9 Å². The van der Waals surface area contributed by atoms with Gasteiger partial charge in [0.2, 0.25) is 0 Å². The first kappa shape index (κ1) is 12.6. The molecule has 1 aliphatic carbocycles. The molecule has 1 atom stereocenters. The van der Waals surface area contributed by atoms with Crippen molar-refractivity contribution in [2.24, 2.45) is 0 Å². The van der Waals surface area contributed by atoms with E-state index in [-0.39, 0.29) is 11.5 Å². The Balaban J connectivity index is 2.10. The molecule has 0 aliphatic heterocycles. The van der Waals surface area contributed by atoms with E-state index in [0.29, 0.717) is 11.5 Å². The Kier molecular flexibility index (Phi) is 3.53. The summed E-state index contributed by atoms with van der Waals surface area (Å²) in [4.78, 5) is 0. The highest BCUT2D eigenvalue weighted by Crippen LogP contribution is 2.37. The largest absolute Gasteiger partial charge is 0.392 e. The lowest BCUT2D eigenvalue weighted by molar-refractivity contribution is 0.218. The molecule has 2 rings (SSSR count). The zero-order valence-corrected chi connectivity index (χ0v) is 10.6. The van der Waals surface area contributed by atoms with E-state index in [2.05, 4.69) is 5.16 Å². The second-order valence-corrected chi connectivity index (χ2v) is 6.87. The quantitative estimate of drug-likeness (QED) is 0.860. The molecule has 0 spiro atoms. The predicted molar refractivity (Wildman–Crippen MR) is 62.3 cm³/mol. The monoisotopic (exact) mass is 259 g/mol. The fraction of sp³-hybridized carbons (Fsp3) is 0.727. The number of nitrogens with zero attached hydrogens (tertiary/aromatic N) is 1. The maximum absolute atomic E-state index is 11.8. The zero-order valence-electron chi connectivity index (χ0n) is 9.80. The van der Waals surface area contributed by atoms with Crippen molar-refractivity contribution in [3.63, 3.8) is 0 Å². The molecular weight excluding hydrogens is 242 g/mol. The summed E-state index contributed by atoms with van der Waals surface area (Å²) in [7, 11) is -3.29. The number of hydrogen-bond acceptors (Lipinski definition) is 5. The van der Waals surface area contributed by atoms with Crippen LogP contribution in [0.4, 0.5) is 0 Å². The molecule has 0 saturated heterocycles. The summed E-state index contributed by atoms with van der Waals surface area (Å²) in [6.45, 7) is 1.47. The van der Waals surface area contributed by atoms with Crippen molar-refractivity contribution < 1.29 is 18.0 Å². The van der Waals surface area contributed by atoms with Crippen LogP contribution >= 0.6 is 0 Å². The normalized spacial score (nSPS) is 18.9. The Bertz CT molecular complexity index is 473. The van der Waals surface area contributed by atoms with Gasteiger partial charge in [-0.3, -0.25) is 0 Å². The molecule has 0 radical (unpaired) electrons. The fourth-order valence-electron chi connectivity index (χ4n) is 2.06. The average molecular weight is 259 g/mol. The third-order valence-corrected chi connectivity index (χ3v) is 4.78. The van der Waals surface area contributed by atoms with E-state index in [4.69, 9.17) is 9.63 Å². The molecule has 0 bridgehead atoms. The third kappa shape index (κ3) is 3.07.